The van der Waals surface area contributed by atoms with Crippen LogP contribution in [0, 0.1) is 20.8 Å². The van der Waals surface area contributed by atoms with Gasteiger partial charge in [0.2, 0.25) is 0 Å². The Hall–Kier alpha value is -1.97. The molecule has 2 aromatic rings. The number of nitrogens with two attached hydrogens (primary N) is 1. The van der Waals surface area contributed by atoms with Gasteiger partial charge >= 0.3 is 0 Å². The molecule has 2 heterocycles. The summed E-state index contributed by atoms with van der Waals surface area (Å²) in [5, 5.41) is 3.35. The van der Waals surface area contributed by atoms with Gasteiger partial charge in [0.1, 0.15) is 17.3 Å². The lowest BCUT2D eigenvalue weighted by Gasteiger charge is -2.14. The number of pyridine rings is 1. The number of hydrogen-bond donors (Lipinski definition) is 2. The van der Waals surface area contributed by atoms with Crippen molar-refractivity contribution < 1.29 is 4.42 Å². The van der Waals surface area contributed by atoms with Crippen LogP contribution in [0.3, 0.4) is 0 Å². The van der Waals surface area contributed by atoms with Crippen LogP contribution in [0.5, 0.6) is 0 Å². The van der Waals surface area contributed by atoms with Crippen molar-refractivity contribution in [1.82, 2.24) is 4.98 Å². The van der Waals surface area contributed by atoms with E-state index in [4.69, 9.17) is 10.2 Å². The van der Waals surface area contributed by atoms with E-state index in [1.807, 2.05) is 26.8 Å². The van der Waals surface area contributed by atoms with Gasteiger partial charge in [-0.1, -0.05) is 0 Å². The maximum absolute atomic E-state index is 5.75. The van der Waals surface area contributed by atoms with Gasteiger partial charge in [0.15, 0.2) is 0 Å². The van der Waals surface area contributed by atoms with Crippen LogP contribution in [0.2, 0.25) is 0 Å². The van der Waals surface area contributed by atoms with Gasteiger partial charge in [-0.05, 0) is 45.4 Å². The van der Waals surface area contributed by atoms with Gasteiger partial charge < -0.3 is 15.5 Å². The van der Waals surface area contributed by atoms with Crippen molar-refractivity contribution in [2.24, 2.45) is 0 Å². The molecule has 0 aromatic carbocycles. The predicted octanol–water partition coefficient (Wildman–Crippen LogP) is 3.36. The highest BCUT2D eigenvalue weighted by Crippen LogP contribution is 2.25. The third-order valence-corrected chi connectivity index (χ3v) is 3.06. The fraction of sp³-hybridized carbons (Fsp3) is 0.357. The van der Waals surface area contributed by atoms with Crippen LogP contribution in [-0.4, -0.2) is 4.98 Å². The maximum Gasteiger partial charge on any atom is 0.126 e. The summed E-state index contributed by atoms with van der Waals surface area (Å²) in [6, 6.07) is 4.16. The van der Waals surface area contributed by atoms with E-state index in [0.29, 0.717) is 5.69 Å². The highest BCUT2D eigenvalue weighted by atomic mass is 16.3. The summed E-state index contributed by atoms with van der Waals surface area (Å²) in [6.07, 6.45) is 1.68. The molecule has 0 aliphatic carbocycles. The fourth-order valence-electron chi connectivity index (χ4n) is 2.03. The minimum absolute atomic E-state index is 0.151. The van der Waals surface area contributed by atoms with E-state index >= 15 is 0 Å². The zero-order valence-electron chi connectivity index (χ0n) is 11.2. The quantitative estimate of drug-likeness (QED) is 0.870. The van der Waals surface area contributed by atoms with Gasteiger partial charge in [0.05, 0.1) is 17.9 Å². The number of nitrogen functional groups attached to an aromatic ring is 1. The molecule has 1 unspecified atom stereocenters. The Kier molecular flexibility index (Phi) is 3.28. The summed E-state index contributed by atoms with van der Waals surface area (Å²) in [7, 11) is 0. The van der Waals surface area contributed by atoms with Crippen molar-refractivity contribution in [2.45, 2.75) is 33.7 Å². The molecule has 0 aliphatic rings. The average Bonchev–Trinajstić information content (AvgIpc) is 2.63. The van der Waals surface area contributed by atoms with E-state index in [2.05, 4.69) is 23.3 Å². The number of nitrogens with zero attached hydrogens (tertiary/aromatic N) is 1. The molecule has 4 nitrogen and oxygen atoms in total. The first-order valence-electron chi connectivity index (χ1n) is 6.03. The molecular formula is C14H19N3O. The standard InChI is InChI=1S/C14H19N3O/c1-8-5-14(16-7-13(8)15)17-10(3)12-6-9(2)18-11(12)4/h5-7,10H,15H2,1-4H3,(H,16,17). The van der Waals surface area contributed by atoms with Crippen molar-refractivity contribution in [2.75, 3.05) is 11.1 Å². The Labute approximate surface area is 107 Å². The molecule has 0 amide bonds. The van der Waals surface area contributed by atoms with Crippen molar-refractivity contribution >= 4 is 11.5 Å². The lowest BCUT2D eigenvalue weighted by atomic mass is 10.1. The van der Waals surface area contributed by atoms with Crippen molar-refractivity contribution in [3.8, 4) is 0 Å². The van der Waals surface area contributed by atoms with Crippen molar-refractivity contribution in [3.05, 3.63) is 41.0 Å². The second-order valence-electron chi connectivity index (χ2n) is 4.66. The van der Waals surface area contributed by atoms with Gasteiger partial charge in [-0.15, -0.1) is 0 Å². The number of aryl methyl sites for hydroxylation is 3. The molecule has 2 rings (SSSR count). The molecule has 2 aromatic heterocycles. The second kappa shape index (κ2) is 4.72. The van der Waals surface area contributed by atoms with Gasteiger partial charge in [-0.2, -0.15) is 0 Å². The Morgan fingerprint density at radius 3 is 2.56 bits per heavy atom. The maximum atomic E-state index is 5.75. The molecule has 4 heteroatoms. The Bertz CT molecular complexity index is 560. The first-order valence-corrected chi connectivity index (χ1v) is 6.03. The van der Waals surface area contributed by atoms with Crippen LogP contribution in [0.15, 0.2) is 22.7 Å². The number of nitrogens with one attached hydrogen (secondary N) is 1. The van der Waals surface area contributed by atoms with Gasteiger partial charge in [0.25, 0.3) is 0 Å². The Morgan fingerprint density at radius 2 is 2.00 bits per heavy atom. The Morgan fingerprint density at radius 1 is 1.28 bits per heavy atom. The number of hydrogen-bond acceptors (Lipinski definition) is 4. The molecule has 0 bridgehead atoms. The number of aromatic nitrogens is 1. The first-order chi connectivity index (χ1) is 8.47. The van der Waals surface area contributed by atoms with Gasteiger partial charge in [0, 0.05) is 5.56 Å². The minimum Gasteiger partial charge on any atom is -0.466 e. The third-order valence-electron chi connectivity index (χ3n) is 3.06. The molecule has 0 saturated carbocycles. The normalized spacial score (nSPS) is 12.4. The summed E-state index contributed by atoms with van der Waals surface area (Å²) in [6.45, 7) is 7.99. The molecule has 18 heavy (non-hydrogen) atoms. The van der Waals surface area contributed by atoms with E-state index in [1.54, 1.807) is 6.20 Å². The van der Waals surface area contributed by atoms with Crippen LogP contribution < -0.4 is 11.1 Å². The number of rotatable bonds is 3. The van der Waals surface area contributed by atoms with E-state index in [-0.39, 0.29) is 6.04 Å². The molecular weight excluding hydrogens is 226 g/mol. The van der Waals surface area contributed by atoms with E-state index in [9.17, 15) is 0 Å². The van der Waals surface area contributed by atoms with Gasteiger partial charge in [-0.25, -0.2) is 4.98 Å². The predicted molar refractivity (Wildman–Crippen MR) is 73.6 cm³/mol. The molecule has 0 fully saturated rings. The molecule has 3 N–H and O–H groups in total. The van der Waals surface area contributed by atoms with Crippen molar-refractivity contribution in [1.29, 1.82) is 0 Å². The van der Waals surface area contributed by atoms with E-state index < -0.39 is 0 Å². The number of furan rings is 1. The zero-order valence-corrected chi connectivity index (χ0v) is 11.2. The highest BCUT2D eigenvalue weighted by molar-refractivity contribution is 5.51. The van der Waals surface area contributed by atoms with E-state index in [0.717, 1.165) is 28.5 Å². The smallest absolute Gasteiger partial charge is 0.126 e. The second-order valence-corrected chi connectivity index (χ2v) is 4.66. The number of anilines is 2. The average molecular weight is 245 g/mol. The third kappa shape index (κ3) is 2.47. The summed E-state index contributed by atoms with van der Waals surface area (Å²) in [5.41, 5.74) is 8.65. The van der Waals surface area contributed by atoms with Crippen LogP contribution in [0.1, 0.15) is 35.6 Å². The summed E-state index contributed by atoms with van der Waals surface area (Å²) < 4.78 is 5.54. The van der Waals surface area contributed by atoms with Gasteiger partial charge in [-0.3, -0.25) is 0 Å². The zero-order chi connectivity index (χ0) is 13.3. The monoisotopic (exact) mass is 245 g/mol. The lowest BCUT2D eigenvalue weighted by molar-refractivity contribution is 0.500. The molecule has 96 valence electrons. The molecule has 0 radical (unpaired) electrons. The molecule has 0 saturated heterocycles. The van der Waals surface area contributed by atoms with Crippen molar-refractivity contribution in [3.63, 3.8) is 0 Å². The summed E-state index contributed by atoms with van der Waals surface area (Å²) in [5.74, 6) is 2.70. The van der Waals surface area contributed by atoms with Crippen LogP contribution in [0.25, 0.3) is 0 Å². The largest absolute Gasteiger partial charge is 0.466 e. The van der Waals surface area contributed by atoms with Crippen LogP contribution >= 0.6 is 0 Å². The topological polar surface area (TPSA) is 64.1 Å². The summed E-state index contributed by atoms with van der Waals surface area (Å²) in [4.78, 5) is 4.27. The fourth-order valence-corrected chi connectivity index (χ4v) is 2.03. The first kappa shape index (κ1) is 12.5. The molecule has 1 atom stereocenters. The molecule has 0 spiro atoms. The minimum atomic E-state index is 0.151. The van der Waals surface area contributed by atoms with Crippen LogP contribution in [-0.2, 0) is 0 Å². The molecule has 0 aliphatic heterocycles. The highest BCUT2D eigenvalue weighted by Gasteiger charge is 2.13. The lowest BCUT2D eigenvalue weighted by Crippen LogP contribution is -2.08. The van der Waals surface area contributed by atoms with E-state index in [1.165, 1.54) is 0 Å². The van der Waals surface area contributed by atoms with Crippen LogP contribution in [0.4, 0.5) is 11.5 Å². The SMILES string of the molecule is Cc1cc(C(C)Nc2cc(C)c(N)cn2)c(C)o1. The summed E-state index contributed by atoms with van der Waals surface area (Å²) >= 11 is 0. The Balaban J connectivity index is 2.18.